The Morgan fingerprint density at radius 2 is 1.97 bits per heavy atom. The van der Waals surface area contributed by atoms with Crippen molar-refractivity contribution < 1.29 is 9.18 Å². The highest BCUT2D eigenvalue weighted by Crippen LogP contribution is 2.38. The van der Waals surface area contributed by atoms with Gasteiger partial charge in [0.05, 0.1) is 29.7 Å². The minimum Gasteiger partial charge on any atom is -0.349 e. The number of nitriles is 1. The Morgan fingerprint density at radius 1 is 1.18 bits per heavy atom. The van der Waals surface area contributed by atoms with Gasteiger partial charge in [-0.1, -0.05) is 6.07 Å². The van der Waals surface area contributed by atoms with E-state index in [2.05, 4.69) is 37.0 Å². The van der Waals surface area contributed by atoms with Gasteiger partial charge in [0.1, 0.15) is 11.9 Å². The van der Waals surface area contributed by atoms with Crippen LogP contribution in [0.3, 0.4) is 0 Å². The number of aromatic amines is 1. The van der Waals surface area contributed by atoms with Crippen molar-refractivity contribution in [2.75, 3.05) is 5.32 Å². The Labute approximate surface area is 225 Å². The van der Waals surface area contributed by atoms with Crippen molar-refractivity contribution in [1.29, 1.82) is 5.26 Å². The van der Waals surface area contributed by atoms with Gasteiger partial charge in [0.2, 0.25) is 5.91 Å². The molecule has 4 aromatic rings. The van der Waals surface area contributed by atoms with Gasteiger partial charge in [0.25, 0.3) is 0 Å². The van der Waals surface area contributed by atoms with Crippen LogP contribution in [0.4, 0.5) is 16.0 Å². The maximum atomic E-state index is 13.2. The third kappa shape index (κ3) is 5.80. The van der Waals surface area contributed by atoms with Gasteiger partial charge in [0.15, 0.2) is 17.5 Å². The summed E-state index contributed by atoms with van der Waals surface area (Å²) in [6, 6.07) is 9.45. The lowest BCUT2D eigenvalue weighted by molar-refractivity contribution is -0.126. The van der Waals surface area contributed by atoms with E-state index in [0.29, 0.717) is 35.9 Å². The number of carbonyl (C=O) groups is 1. The van der Waals surface area contributed by atoms with Gasteiger partial charge in [-0.3, -0.25) is 9.89 Å². The van der Waals surface area contributed by atoms with Crippen LogP contribution in [0.1, 0.15) is 72.6 Å². The van der Waals surface area contributed by atoms with Crippen molar-refractivity contribution in [2.45, 2.75) is 58.4 Å². The number of aromatic nitrogens is 6. The summed E-state index contributed by atoms with van der Waals surface area (Å²) in [5.41, 5.74) is 4.04. The first-order chi connectivity index (χ1) is 18.8. The van der Waals surface area contributed by atoms with Crippen LogP contribution in [-0.2, 0) is 4.79 Å². The monoisotopic (exact) mass is 527 g/mol. The summed E-state index contributed by atoms with van der Waals surface area (Å²) in [5.74, 6) is 1.39. The molecule has 39 heavy (non-hydrogen) atoms. The predicted molar refractivity (Wildman–Crippen MR) is 143 cm³/mol. The Hall–Kier alpha value is -4.59. The van der Waals surface area contributed by atoms with E-state index in [1.165, 1.54) is 10.9 Å². The number of carbonyl (C=O) groups excluding carboxylic acids is 1. The van der Waals surface area contributed by atoms with Crippen molar-refractivity contribution in [3.63, 3.8) is 0 Å². The number of H-pyrrole nitrogens is 1. The minimum atomic E-state index is -0.431. The zero-order chi connectivity index (χ0) is 27.5. The summed E-state index contributed by atoms with van der Waals surface area (Å²) in [7, 11) is 0. The number of halogens is 1. The zero-order valence-electron chi connectivity index (χ0n) is 22.1. The highest BCUT2D eigenvalue weighted by atomic mass is 19.1. The quantitative estimate of drug-likeness (QED) is 0.311. The highest BCUT2D eigenvalue weighted by molar-refractivity contribution is 5.79. The van der Waals surface area contributed by atoms with Crippen LogP contribution in [0.25, 0.3) is 5.82 Å². The number of pyridine rings is 2. The number of amides is 1. The summed E-state index contributed by atoms with van der Waals surface area (Å²) in [6.45, 7) is 5.76. The van der Waals surface area contributed by atoms with E-state index in [1.807, 2.05) is 39.0 Å². The predicted octanol–water partition coefficient (Wildman–Crippen LogP) is 4.91. The molecule has 0 bridgehead atoms. The molecule has 1 aliphatic carbocycles. The number of rotatable bonds is 7. The molecule has 1 amide bonds. The summed E-state index contributed by atoms with van der Waals surface area (Å²) in [4.78, 5) is 22.2. The summed E-state index contributed by atoms with van der Waals surface area (Å²) >= 11 is 0. The first-order valence-electron chi connectivity index (χ1n) is 13.0. The Bertz CT molecular complexity index is 1510. The molecule has 1 fully saturated rings. The fraction of sp³-hybridized carbons (Fsp3) is 0.357. The summed E-state index contributed by atoms with van der Waals surface area (Å²) in [5, 5.41) is 27.2. The minimum absolute atomic E-state index is 0.00754. The van der Waals surface area contributed by atoms with Crippen LogP contribution in [0.15, 0.2) is 42.9 Å². The van der Waals surface area contributed by atoms with E-state index in [9.17, 15) is 14.4 Å². The van der Waals surface area contributed by atoms with Gasteiger partial charge in [-0.05, 0) is 69.7 Å². The average Bonchev–Trinajstić information content (AvgIpc) is 3.56. The van der Waals surface area contributed by atoms with E-state index in [1.54, 1.807) is 12.3 Å². The molecule has 200 valence electrons. The van der Waals surface area contributed by atoms with E-state index < -0.39 is 5.82 Å². The molecule has 0 aliphatic heterocycles. The fourth-order valence-electron chi connectivity index (χ4n) is 5.07. The third-order valence-corrected chi connectivity index (χ3v) is 7.22. The first kappa shape index (κ1) is 26.0. The second kappa shape index (κ2) is 11.0. The normalized spacial score (nSPS) is 17.8. The molecular formula is C28H30FN9O. The van der Waals surface area contributed by atoms with E-state index in [4.69, 9.17) is 4.98 Å². The van der Waals surface area contributed by atoms with Crippen molar-refractivity contribution in [2.24, 2.45) is 5.92 Å². The molecule has 4 aromatic heterocycles. The summed E-state index contributed by atoms with van der Waals surface area (Å²) < 4.78 is 14.6. The molecule has 3 N–H and O–H groups in total. The molecule has 1 saturated carbocycles. The van der Waals surface area contributed by atoms with Crippen molar-refractivity contribution in [3.8, 4) is 11.9 Å². The van der Waals surface area contributed by atoms with Gasteiger partial charge in [-0.25, -0.2) is 19.0 Å². The smallest absolute Gasteiger partial charge is 0.223 e. The van der Waals surface area contributed by atoms with Gasteiger partial charge in [0, 0.05) is 29.8 Å². The van der Waals surface area contributed by atoms with E-state index in [0.717, 1.165) is 41.6 Å². The molecule has 1 atom stereocenters. The largest absolute Gasteiger partial charge is 0.349 e. The molecule has 0 radical (unpaired) electrons. The van der Waals surface area contributed by atoms with Crippen LogP contribution < -0.4 is 10.6 Å². The topological polar surface area (TPSA) is 137 Å². The van der Waals surface area contributed by atoms with Crippen LogP contribution in [0, 0.1) is 36.9 Å². The van der Waals surface area contributed by atoms with Crippen LogP contribution >= 0.6 is 0 Å². The number of hydrogen-bond acceptors (Lipinski definition) is 7. The molecule has 0 saturated heterocycles. The number of nitrogens with one attached hydrogen (secondary N) is 3. The molecule has 0 unspecified atom stereocenters. The lowest BCUT2D eigenvalue weighted by atomic mass is 9.78. The molecule has 5 rings (SSSR count). The maximum absolute atomic E-state index is 13.2. The lowest BCUT2D eigenvalue weighted by Crippen LogP contribution is -2.34. The third-order valence-electron chi connectivity index (χ3n) is 7.22. The number of anilines is 2. The van der Waals surface area contributed by atoms with Crippen LogP contribution in [0.5, 0.6) is 0 Å². The van der Waals surface area contributed by atoms with Crippen LogP contribution in [-0.4, -0.2) is 35.9 Å². The summed E-state index contributed by atoms with van der Waals surface area (Å²) in [6.07, 6.45) is 7.03. The molecule has 10 nitrogen and oxygen atoms in total. The molecule has 1 aliphatic rings. The van der Waals surface area contributed by atoms with Crippen molar-refractivity contribution in [1.82, 2.24) is 35.3 Å². The fourth-order valence-corrected chi connectivity index (χ4v) is 5.07. The van der Waals surface area contributed by atoms with E-state index >= 15 is 0 Å². The lowest BCUT2D eigenvalue weighted by Gasteiger charge is -2.29. The van der Waals surface area contributed by atoms with Gasteiger partial charge in [-0.15, -0.1) is 0 Å². The molecule has 11 heteroatoms. The average molecular weight is 528 g/mol. The molecule has 0 aromatic carbocycles. The zero-order valence-corrected chi connectivity index (χ0v) is 22.1. The standard InChI is InChI=1S/C28H30FN9O/c1-16-10-24(34-25-11-17(2)36-37-25)35-27(23(16)12-30)19-4-6-20(7-5-19)28(39)33-18(3)21-8-9-26(31-13-21)38-15-22(29)14-32-38/h8-11,13-15,18-20H,4-7H2,1-3H3,(H,33,39)(H2,34,35,36,37)/t18-,19-,20+/m0/s1. The second-order valence-corrected chi connectivity index (χ2v) is 10.1. The number of aryl methyl sites for hydroxylation is 2. The first-order valence-corrected chi connectivity index (χ1v) is 13.0. The second-order valence-electron chi connectivity index (χ2n) is 10.1. The highest BCUT2D eigenvalue weighted by Gasteiger charge is 2.30. The van der Waals surface area contributed by atoms with Crippen molar-refractivity contribution in [3.05, 3.63) is 76.8 Å². The van der Waals surface area contributed by atoms with E-state index in [-0.39, 0.29) is 23.8 Å². The van der Waals surface area contributed by atoms with Crippen LogP contribution in [0.2, 0.25) is 0 Å². The van der Waals surface area contributed by atoms with Gasteiger partial charge < -0.3 is 10.6 Å². The Balaban J connectivity index is 1.20. The molecular weight excluding hydrogens is 497 g/mol. The molecule has 4 heterocycles. The molecule has 0 spiro atoms. The van der Waals surface area contributed by atoms with Gasteiger partial charge in [-0.2, -0.15) is 15.5 Å². The Kier molecular flexibility index (Phi) is 7.36. The number of hydrogen-bond donors (Lipinski definition) is 3. The van der Waals surface area contributed by atoms with Gasteiger partial charge >= 0.3 is 0 Å². The van der Waals surface area contributed by atoms with Crippen molar-refractivity contribution >= 4 is 17.5 Å². The Morgan fingerprint density at radius 3 is 2.59 bits per heavy atom. The number of nitrogens with zero attached hydrogens (tertiary/aromatic N) is 6. The SMILES string of the molecule is Cc1cc(Nc2cc(C)c(C#N)c([C@H]3CC[C@@H](C(=O)N[C@@H](C)c4ccc(-n5cc(F)cn5)nc4)CC3)n2)n[nH]1. The maximum Gasteiger partial charge on any atom is 0.223 e.